The van der Waals surface area contributed by atoms with E-state index in [1.165, 1.54) is 12.0 Å². The number of aromatic nitrogens is 1. The van der Waals surface area contributed by atoms with Crippen LogP contribution in [0.2, 0.25) is 10.0 Å². The standard InChI is InChI=1S/C32H27Cl3F3N5O4S/c1-15-25-16(10-22(27(15)47-2)42-9-3-8-41(31(42)46)18-4-5-18)14-43(21(25)6-7-39)30(45)26-23(13-24(32(35,37)38)40-29(26)44)48-28-19(33)11-17(36)12-20(28)34/h10-13,18,21H,3-6,8-9,14H2,1-2H3,(H,40,44). The molecule has 1 aromatic heterocycles. The van der Waals surface area contributed by atoms with Gasteiger partial charge in [-0.05, 0) is 78.7 Å². The van der Waals surface area contributed by atoms with Crippen molar-refractivity contribution in [3.63, 3.8) is 0 Å². The molecular formula is C32H27Cl3F3N5O4S. The van der Waals surface area contributed by atoms with Crippen LogP contribution < -0.4 is 15.2 Å². The number of benzene rings is 2. The molecule has 2 fully saturated rings. The number of nitrogens with one attached hydrogen (secondary N) is 1. The van der Waals surface area contributed by atoms with E-state index >= 15 is 0 Å². The van der Waals surface area contributed by atoms with Crippen molar-refractivity contribution in [3.8, 4) is 11.8 Å². The molecule has 3 aliphatic rings. The third kappa shape index (κ3) is 6.19. The average Bonchev–Trinajstić information content (AvgIpc) is 3.79. The SMILES string of the molecule is COc1c(N2CCCN(C3CC3)C2=O)cc2c(c1C)C(CC#N)N(C(=O)c1c(Sc3c(Cl)cc(F)cc3Cl)cc(C(F)(F)Cl)[nH]c1=O)C2. The van der Waals surface area contributed by atoms with Crippen LogP contribution in [0.3, 0.4) is 0 Å². The summed E-state index contributed by atoms with van der Waals surface area (Å²) in [5.41, 5.74) is -0.304. The summed E-state index contributed by atoms with van der Waals surface area (Å²) < 4.78 is 48.3. The molecular weight excluding hydrogens is 714 g/mol. The van der Waals surface area contributed by atoms with Gasteiger partial charge in [-0.25, -0.2) is 9.18 Å². The normalized spacial score (nSPS) is 17.9. The zero-order valence-corrected chi connectivity index (χ0v) is 28.6. The first-order valence-electron chi connectivity index (χ1n) is 14.9. The summed E-state index contributed by atoms with van der Waals surface area (Å²) in [5, 5.41) is 5.46. The van der Waals surface area contributed by atoms with Gasteiger partial charge in [0.2, 0.25) is 0 Å². The molecule has 1 unspecified atom stereocenters. The van der Waals surface area contributed by atoms with Crippen molar-refractivity contribution in [3.05, 3.63) is 78.4 Å². The zero-order valence-electron chi connectivity index (χ0n) is 25.5. The lowest BCUT2D eigenvalue weighted by Crippen LogP contribution is -2.50. The minimum atomic E-state index is -4.01. The van der Waals surface area contributed by atoms with Crippen LogP contribution in [0.15, 0.2) is 38.9 Å². The number of methoxy groups -OCH3 is 1. The Hall–Kier alpha value is -3.57. The van der Waals surface area contributed by atoms with Crippen molar-refractivity contribution in [2.24, 2.45) is 0 Å². The van der Waals surface area contributed by atoms with Crippen LogP contribution in [0.4, 0.5) is 23.7 Å². The number of rotatable bonds is 8. The highest BCUT2D eigenvalue weighted by Gasteiger charge is 2.42. The van der Waals surface area contributed by atoms with Gasteiger partial charge in [0.15, 0.2) is 0 Å². The number of anilines is 1. The number of carbonyl (C=O) groups is 2. The number of nitriles is 1. The highest BCUT2D eigenvalue weighted by Crippen LogP contribution is 2.48. The van der Waals surface area contributed by atoms with E-state index in [1.807, 2.05) is 9.88 Å². The molecule has 16 heteroatoms. The molecule has 1 aliphatic carbocycles. The van der Waals surface area contributed by atoms with Crippen LogP contribution in [-0.2, 0) is 11.9 Å². The second-order valence-corrected chi connectivity index (χ2v) is 14.0. The van der Waals surface area contributed by atoms with E-state index in [1.54, 1.807) is 17.9 Å². The monoisotopic (exact) mass is 739 g/mol. The number of H-pyrrole nitrogens is 1. The van der Waals surface area contributed by atoms with Gasteiger partial charge in [-0.15, -0.1) is 0 Å². The van der Waals surface area contributed by atoms with E-state index in [0.717, 1.165) is 37.5 Å². The number of alkyl halides is 3. The van der Waals surface area contributed by atoms with Gasteiger partial charge in [-0.1, -0.05) is 35.0 Å². The van der Waals surface area contributed by atoms with Crippen molar-refractivity contribution >= 4 is 64.2 Å². The number of urea groups is 1. The van der Waals surface area contributed by atoms with Crippen molar-refractivity contribution in [2.45, 2.75) is 66.4 Å². The van der Waals surface area contributed by atoms with Crippen molar-refractivity contribution in [2.75, 3.05) is 25.1 Å². The molecule has 1 saturated heterocycles. The summed E-state index contributed by atoms with van der Waals surface area (Å²) in [6, 6.07) is 5.82. The first-order valence-corrected chi connectivity index (χ1v) is 16.8. The lowest BCUT2D eigenvalue weighted by molar-refractivity contribution is 0.0684. The smallest absolute Gasteiger partial charge is 0.362 e. The first kappa shape index (κ1) is 34.3. The van der Waals surface area contributed by atoms with Gasteiger partial charge in [0.25, 0.3) is 11.5 Å². The second-order valence-electron chi connectivity index (χ2n) is 11.7. The molecule has 0 spiro atoms. The Bertz CT molecular complexity index is 1920. The fraction of sp³-hybridized carbons (Fsp3) is 0.375. The van der Waals surface area contributed by atoms with Crippen molar-refractivity contribution in [1.82, 2.24) is 14.8 Å². The predicted molar refractivity (Wildman–Crippen MR) is 175 cm³/mol. The van der Waals surface area contributed by atoms with Crippen LogP contribution in [0.5, 0.6) is 5.75 Å². The lowest BCUT2D eigenvalue weighted by atomic mass is 9.95. The van der Waals surface area contributed by atoms with E-state index in [2.05, 4.69) is 6.07 Å². The molecule has 2 aromatic carbocycles. The van der Waals surface area contributed by atoms with Gasteiger partial charge < -0.3 is 19.5 Å². The molecule has 0 radical (unpaired) electrons. The van der Waals surface area contributed by atoms with Crippen molar-refractivity contribution < 1.29 is 27.5 Å². The molecule has 3 amide bonds. The number of hydrogen-bond donors (Lipinski definition) is 1. The first-order chi connectivity index (χ1) is 22.7. The highest BCUT2D eigenvalue weighted by molar-refractivity contribution is 7.99. The minimum absolute atomic E-state index is 0.0122. The Kier molecular flexibility index (Phi) is 9.32. The Balaban J connectivity index is 1.44. The molecule has 2 aliphatic heterocycles. The fourth-order valence-corrected chi connectivity index (χ4v) is 8.21. The number of hydrogen-bond acceptors (Lipinski definition) is 6. The third-order valence-corrected chi connectivity index (χ3v) is 10.9. The summed E-state index contributed by atoms with van der Waals surface area (Å²) in [4.78, 5) is 47.9. The molecule has 0 bridgehead atoms. The Morgan fingerprint density at radius 2 is 1.85 bits per heavy atom. The quantitative estimate of drug-likeness (QED) is 0.235. The van der Waals surface area contributed by atoms with E-state index in [-0.39, 0.29) is 44.9 Å². The lowest BCUT2D eigenvalue weighted by Gasteiger charge is -2.37. The van der Waals surface area contributed by atoms with Gasteiger partial charge >= 0.3 is 11.4 Å². The number of pyridine rings is 1. The Labute approximate surface area is 292 Å². The summed E-state index contributed by atoms with van der Waals surface area (Å²) in [5.74, 6) is -1.21. The molecule has 48 heavy (non-hydrogen) atoms. The molecule has 1 saturated carbocycles. The molecule has 9 nitrogen and oxygen atoms in total. The maximum atomic E-state index is 14.4. The number of aromatic amines is 1. The highest BCUT2D eigenvalue weighted by atomic mass is 35.5. The summed E-state index contributed by atoms with van der Waals surface area (Å²) in [6.07, 6.45) is 2.49. The van der Waals surface area contributed by atoms with Gasteiger partial charge in [-0.2, -0.15) is 14.0 Å². The number of carbonyl (C=O) groups excluding carboxylic acids is 2. The summed E-state index contributed by atoms with van der Waals surface area (Å²) >= 11 is 18.3. The molecule has 6 rings (SSSR count). The number of ether oxygens (including phenoxy) is 1. The average molecular weight is 741 g/mol. The Morgan fingerprint density at radius 1 is 1.17 bits per heavy atom. The number of fused-ring (bicyclic) bond motifs is 1. The van der Waals surface area contributed by atoms with Gasteiger partial charge in [0, 0.05) is 35.5 Å². The van der Waals surface area contributed by atoms with Crippen LogP contribution in [0.1, 0.15) is 64.5 Å². The number of amides is 3. The predicted octanol–water partition coefficient (Wildman–Crippen LogP) is 7.98. The van der Waals surface area contributed by atoms with Gasteiger partial charge in [0.05, 0.1) is 41.4 Å². The molecule has 1 N–H and O–H groups in total. The maximum absolute atomic E-state index is 14.4. The summed E-state index contributed by atoms with van der Waals surface area (Å²) in [7, 11) is 1.48. The van der Waals surface area contributed by atoms with Crippen LogP contribution >= 0.6 is 46.6 Å². The molecule has 3 heterocycles. The van der Waals surface area contributed by atoms with Crippen molar-refractivity contribution in [1.29, 1.82) is 5.26 Å². The number of nitrogens with zero attached hydrogens (tertiary/aromatic N) is 4. The van der Waals surface area contributed by atoms with Crippen LogP contribution in [0.25, 0.3) is 0 Å². The maximum Gasteiger partial charge on any atom is 0.362 e. The van der Waals surface area contributed by atoms with E-state index in [4.69, 9.17) is 39.5 Å². The minimum Gasteiger partial charge on any atom is -0.494 e. The third-order valence-electron chi connectivity index (χ3n) is 8.66. The van der Waals surface area contributed by atoms with E-state index in [9.17, 15) is 32.8 Å². The zero-order chi connectivity index (χ0) is 34.7. The van der Waals surface area contributed by atoms with E-state index in [0.29, 0.717) is 53.0 Å². The van der Waals surface area contributed by atoms with Crippen LogP contribution in [-0.4, -0.2) is 53.0 Å². The Morgan fingerprint density at radius 3 is 2.46 bits per heavy atom. The topological polar surface area (TPSA) is 110 Å². The van der Waals surface area contributed by atoms with Crippen LogP contribution in [0, 0.1) is 24.1 Å². The van der Waals surface area contributed by atoms with E-state index < -0.39 is 40.0 Å². The molecule has 3 aromatic rings. The van der Waals surface area contributed by atoms with Gasteiger partial charge in [0.1, 0.15) is 22.8 Å². The number of halogens is 6. The fourth-order valence-electron chi connectivity index (χ4n) is 6.42. The largest absolute Gasteiger partial charge is 0.494 e. The molecule has 1 atom stereocenters. The van der Waals surface area contributed by atoms with Gasteiger partial charge in [-0.3, -0.25) is 14.5 Å². The summed E-state index contributed by atoms with van der Waals surface area (Å²) in [6.45, 7) is 2.83. The second kappa shape index (κ2) is 13.0. The molecule has 252 valence electrons.